The van der Waals surface area contributed by atoms with Crippen LogP contribution in [0, 0.1) is 0 Å². The molecule has 2 unspecified atom stereocenters. The molecule has 1 aromatic carbocycles. The highest BCUT2D eigenvalue weighted by molar-refractivity contribution is 5.26. The Bertz CT molecular complexity index is 388. The zero-order chi connectivity index (χ0) is 11.8. The smallest absolute Gasteiger partial charge is 0.115 e. The zero-order valence-corrected chi connectivity index (χ0v) is 10.3. The number of hydrogen-bond donors (Lipinski definition) is 1. The number of benzene rings is 1. The lowest BCUT2D eigenvalue weighted by Gasteiger charge is -2.31. The Kier molecular flexibility index (Phi) is 2.81. The fraction of sp³-hybridized carbons (Fsp3) is 0.571. The molecule has 2 heterocycles. The van der Waals surface area contributed by atoms with Crippen molar-refractivity contribution in [3.8, 4) is 5.75 Å². The van der Waals surface area contributed by atoms with Gasteiger partial charge in [0, 0.05) is 31.7 Å². The van der Waals surface area contributed by atoms with E-state index in [9.17, 15) is 5.11 Å². The van der Waals surface area contributed by atoms with E-state index in [1.165, 1.54) is 25.1 Å². The molecule has 2 saturated heterocycles. The number of likely N-dealkylation sites (tertiary alicyclic amines) is 2. The van der Waals surface area contributed by atoms with Crippen molar-refractivity contribution in [2.75, 3.05) is 26.7 Å². The molecule has 0 saturated carbocycles. The number of fused-ring (bicyclic) bond motifs is 2. The topological polar surface area (TPSA) is 26.7 Å². The highest BCUT2D eigenvalue weighted by Crippen LogP contribution is 2.29. The minimum Gasteiger partial charge on any atom is -0.508 e. The van der Waals surface area contributed by atoms with Crippen LogP contribution in [0.3, 0.4) is 0 Å². The normalized spacial score (nSPS) is 29.0. The van der Waals surface area contributed by atoms with Crippen LogP contribution in [0.25, 0.3) is 0 Å². The molecule has 2 atom stereocenters. The predicted molar refractivity (Wildman–Crippen MR) is 68.2 cm³/mol. The Balaban J connectivity index is 1.54. The summed E-state index contributed by atoms with van der Waals surface area (Å²) in [6, 6.07) is 9.17. The first-order valence-electron chi connectivity index (χ1n) is 6.44. The minimum atomic E-state index is 0.357. The van der Waals surface area contributed by atoms with Crippen LogP contribution >= 0.6 is 0 Å². The summed E-state index contributed by atoms with van der Waals surface area (Å²) in [5.74, 6) is 0.357. The number of rotatable bonds is 3. The summed E-state index contributed by atoms with van der Waals surface area (Å²) in [6.07, 6.45) is 2.44. The molecule has 3 rings (SSSR count). The maximum absolute atomic E-state index is 9.24. The van der Waals surface area contributed by atoms with Crippen LogP contribution in [0.2, 0.25) is 0 Å². The van der Waals surface area contributed by atoms with Crippen LogP contribution in [0.4, 0.5) is 0 Å². The van der Waals surface area contributed by atoms with Gasteiger partial charge in [0.2, 0.25) is 0 Å². The summed E-state index contributed by atoms with van der Waals surface area (Å²) in [6.45, 7) is 3.62. The number of nitrogens with zero attached hydrogens (tertiary/aromatic N) is 2. The van der Waals surface area contributed by atoms with E-state index in [1.54, 1.807) is 12.1 Å². The second-order valence-electron chi connectivity index (χ2n) is 5.39. The van der Waals surface area contributed by atoms with E-state index in [4.69, 9.17) is 0 Å². The molecule has 3 nitrogen and oxygen atoms in total. The minimum absolute atomic E-state index is 0.357. The van der Waals surface area contributed by atoms with Gasteiger partial charge in [-0.2, -0.15) is 0 Å². The number of hydrogen-bond acceptors (Lipinski definition) is 3. The van der Waals surface area contributed by atoms with Crippen molar-refractivity contribution in [3.05, 3.63) is 29.8 Å². The number of likely N-dealkylation sites (N-methyl/N-ethyl adjacent to an activating group) is 1. The molecule has 1 N–H and O–H groups in total. The third kappa shape index (κ3) is 2.17. The molecule has 1 aromatic rings. The fourth-order valence-electron chi connectivity index (χ4n) is 3.16. The van der Waals surface area contributed by atoms with Gasteiger partial charge in [-0.3, -0.25) is 4.90 Å². The average molecular weight is 232 g/mol. The summed E-state index contributed by atoms with van der Waals surface area (Å²) < 4.78 is 0. The first-order chi connectivity index (χ1) is 8.22. The third-order valence-corrected chi connectivity index (χ3v) is 4.25. The van der Waals surface area contributed by atoms with E-state index >= 15 is 0 Å². The van der Waals surface area contributed by atoms with Gasteiger partial charge in [-0.05, 0) is 37.6 Å². The third-order valence-electron chi connectivity index (χ3n) is 4.25. The average Bonchev–Trinajstić information content (AvgIpc) is 2.87. The predicted octanol–water partition coefficient (Wildman–Crippen LogP) is 1.32. The van der Waals surface area contributed by atoms with Gasteiger partial charge in [-0.1, -0.05) is 12.1 Å². The lowest BCUT2D eigenvalue weighted by atomic mass is 10.1. The van der Waals surface area contributed by atoms with Crippen LogP contribution in [0.15, 0.2) is 24.3 Å². The molecule has 0 aromatic heterocycles. The summed E-state index contributed by atoms with van der Waals surface area (Å²) in [7, 11) is 2.24. The van der Waals surface area contributed by atoms with Crippen molar-refractivity contribution in [2.45, 2.75) is 24.9 Å². The lowest BCUT2D eigenvalue weighted by molar-refractivity contribution is 0.151. The number of aromatic hydroxyl groups is 1. The molecule has 2 fully saturated rings. The van der Waals surface area contributed by atoms with Crippen LogP contribution in [0.1, 0.15) is 12.0 Å². The molecule has 92 valence electrons. The largest absolute Gasteiger partial charge is 0.508 e. The second kappa shape index (κ2) is 4.31. The zero-order valence-electron chi connectivity index (χ0n) is 10.3. The Labute approximate surface area is 103 Å². The number of phenols is 1. The van der Waals surface area contributed by atoms with Crippen molar-refractivity contribution in [3.63, 3.8) is 0 Å². The van der Waals surface area contributed by atoms with E-state index in [0.717, 1.165) is 25.0 Å². The van der Waals surface area contributed by atoms with Gasteiger partial charge < -0.3 is 10.0 Å². The first kappa shape index (κ1) is 11.1. The van der Waals surface area contributed by atoms with Gasteiger partial charge in [-0.15, -0.1) is 0 Å². The standard InChI is InChI=1S/C14H20N2O/c1-15-9-13-8-12(15)10-16(13)7-6-11-2-4-14(17)5-3-11/h2-5,12-13,17H,6-10H2,1H3. The molecule has 17 heavy (non-hydrogen) atoms. The van der Waals surface area contributed by atoms with E-state index in [2.05, 4.69) is 16.8 Å². The van der Waals surface area contributed by atoms with Crippen molar-refractivity contribution < 1.29 is 5.11 Å². The van der Waals surface area contributed by atoms with Crippen molar-refractivity contribution in [2.24, 2.45) is 0 Å². The Morgan fingerprint density at radius 1 is 1.18 bits per heavy atom. The summed E-state index contributed by atoms with van der Waals surface area (Å²) in [4.78, 5) is 5.11. The van der Waals surface area contributed by atoms with E-state index in [0.29, 0.717) is 5.75 Å². The molecular weight excluding hydrogens is 212 g/mol. The molecule has 2 bridgehead atoms. The Morgan fingerprint density at radius 2 is 1.94 bits per heavy atom. The van der Waals surface area contributed by atoms with Crippen LogP contribution < -0.4 is 0 Å². The molecule has 2 aliphatic heterocycles. The van der Waals surface area contributed by atoms with Crippen molar-refractivity contribution >= 4 is 0 Å². The van der Waals surface area contributed by atoms with Gasteiger partial charge in [0.15, 0.2) is 0 Å². The van der Waals surface area contributed by atoms with Gasteiger partial charge in [0.05, 0.1) is 0 Å². The van der Waals surface area contributed by atoms with E-state index in [1.807, 2.05) is 12.1 Å². The molecule has 0 spiro atoms. The van der Waals surface area contributed by atoms with Crippen LogP contribution in [-0.2, 0) is 6.42 Å². The summed E-state index contributed by atoms with van der Waals surface area (Å²) in [5.41, 5.74) is 1.32. The number of piperazine rings is 1. The van der Waals surface area contributed by atoms with Crippen LogP contribution in [-0.4, -0.2) is 53.7 Å². The molecule has 0 radical (unpaired) electrons. The SMILES string of the molecule is CN1CC2CC1CN2CCc1ccc(O)cc1. The number of phenolic OH excluding ortho intramolecular Hbond substituents is 1. The van der Waals surface area contributed by atoms with E-state index in [-0.39, 0.29) is 0 Å². The van der Waals surface area contributed by atoms with Crippen molar-refractivity contribution in [1.82, 2.24) is 9.80 Å². The Morgan fingerprint density at radius 3 is 2.53 bits per heavy atom. The van der Waals surface area contributed by atoms with Gasteiger partial charge in [-0.25, -0.2) is 0 Å². The van der Waals surface area contributed by atoms with Gasteiger partial charge >= 0.3 is 0 Å². The molecular formula is C14H20N2O. The second-order valence-corrected chi connectivity index (χ2v) is 5.39. The fourth-order valence-corrected chi connectivity index (χ4v) is 3.16. The highest BCUT2D eigenvalue weighted by atomic mass is 16.3. The Hall–Kier alpha value is -1.06. The summed E-state index contributed by atoms with van der Waals surface area (Å²) >= 11 is 0. The lowest BCUT2D eigenvalue weighted by Crippen LogP contribution is -2.45. The van der Waals surface area contributed by atoms with Crippen molar-refractivity contribution in [1.29, 1.82) is 0 Å². The maximum Gasteiger partial charge on any atom is 0.115 e. The molecule has 0 amide bonds. The summed E-state index contributed by atoms with van der Waals surface area (Å²) in [5, 5.41) is 9.24. The highest BCUT2D eigenvalue weighted by Gasteiger charge is 2.40. The van der Waals surface area contributed by atoms with Gasteiger partial charge in [0.25, 0.3) is 0 Å². The molecule has 3 heteroatoms. The quantitative estimate of drug-likeness (QED) is 0.851. The molecule has 2 aliphatic rings. The van der Waals surface area contributed by atoms with E-state index < -0.39 is 0 Å². The van der Waals surface area contributed by atoms with Crippen LogP contribution in [0.5, 0.6) is 5.75 Å². The van der Waals surface area contributed by atoms with Gasteiger partial charge in [0.1, 0.15) is 5.75 Å². The maximum atomic E-state index is 9.24. The monoisotopic (exact) mass is 232 g/mol. The first-order valence-corrected chi connectivity index (χ1v) is 6.44. The molecule has 0 aliphatic carbocycles.